The summed E-state index contributed by atoms with van der Waals surface area (Å²) in [6.07, 6.45) is 38.2. The summed E-state index contributed by atoms with van der Waals surface area (Å²) in [7, 11) is 0. The van der Waals surface area contributed by atoms with Gasteiger partial charge in [-0.15, -0.1) is 0 Å². The van der Waals surface area contributed by atoms with E-state index in [9.17, 15) is 0 Å². The molecule has 0 radical (unpaired) electrons. The van der Waals surface area contributed by atoms with Crippen LogP contribution in [0, 0.1) is 0 Å². The first-order valence-corrected chi connectivity index (χ1v) is 17.5. The summed E-state index contributed by atoms with van der Waals surface area (Å²) >= 11 is 0. The van der Waals surface area contributed by atoms with Crippen molar-refractivity contribution >= 4 is 0 Å². The Hall–Kier alpha value is -1.57. The quantitative estimate of drug-likeness (QED) is 0.0791. The lowest BCUT2D eigenvalue weighted by Gasteiger charge is -2.07. The second-order valence-corrected chi connectivity index (χ2v) is 12.2. The molecule has 0 aliphatic heterocycles. The molecule has 2 aromatic rings. The molecule has 1 heterocycles. The van der Waals surface area contributed by atoms with Gasteiger partial charge in [0.15, 0.2) is 0 Å². The molecule has 222 valence electrons. The maximum Gasteiger partial charge on any atom is 0.256 e. The Balaban J connectivity index is 1.57. The summed E-state index contributed by atoms with van der Waals surface area (Å²) in [4.78, 5) is 0. The Morgan fingerprint density at radius 2 is 1.00 bits per heavy atom. The van der Waals surface area contributed by atoms with Gasteiger partial charge >= 0.3 is 0 Å². The molecular weight excluding hydrogens is 472 g/mol. The molecule has 1 aromatic carbocycles. The number of aromatic nitrogens is 2. The molecule has 0 bridgehead atoms. The number of hydrogen-bond acceptors (Lipinski definition) is 0. The number of unbranched alkanes of at least 4 members (excludes halogenated alkanes) is 19. The molecular formula is C37H65N2+. The van der Waals surface area contributed by atoms with Crippen molar-refractivity contribution in [3.8, 4) is 0 Å². The van der Waals surface area contributed by atoms with Crippen LogP contribution in [0.15, 0.2) is 42.7 Å². The molecule has 0 fully saturated rings. The standard InChI is InChI=1S/C37H65N2/c1-3-5-7-9-10-11-12-13-14-15-16-17-18-19-21-26-32-38-34-35-39(37(38)31-25-20-8-6-4-2)33-27-30-36-28-23-22-24-29-36/h22-24,28-29,34-35H,3-21,25-27,30-33H2,1-2H3/q+1. The smallest absolute Gasteiger partial charge is 0.234 e. The first kappa shape index (κ1) is 33.6. The number of nitrogens with zero attached hydrogens (tertiary/aromatic N) is 2. The van der Waals surface area contributed by atoms with Gasteiger partial charge in [0.05, 0.1) is 13.1 Å². The van der Waals surface area contributed by atoms with Crippen LogP contribution in [-0.4, -0.2) is 4.57 Å². The normalized spacial score (nSPS) is 11.4. The number of rotatable bonds is 27. The van der Waals surface area contributed by atoms with Crippen LogP contribution in [0.25, 0.3) is 0 Å². The Labute approximate surface area is 244 Å². The molecule has 0 saturated carbocycles. The zero-order valence-corrected chi connectivity index (χ0v) is 26.3. The van der Waals surface area contributed by atoms with Crippen LogP contribution in [0.5, 0.6) is 0 Å². The van der Waals surface area contributed by atoms with Gasteiger partial charge in [-0.1, -0.05) is 160 Å². The van der Waals surface area contributed by atoms with E-state index in [2.05, 4.69) is 65.7 Å². The highest BCUT2D eigenvalue weighted by Gasteiger charge is 2.16. The SMILES string of the molecule is CCCCCCCCCCCCCCCCCCn1cc[n+](CCCc2ccccc2)c1CCCCCCC. The molecule has 0 N–H and O–H groups in total. The van der Waals surface area contributed by atoms with Crippen molar-refractivity contribution in [2.45, 2.75) is 181 Å². The van der Waals surface area contributed by atoms with E-state index in [-0.39, 0.29) is 0 Å². The summed E-state index contributed by atoms with van der Waals surface area (Å²) in [6.45, 7) is 6.96. The summed E-state index contributed by atoms with van der Waals surface area (Å²) in [5.74, 6) is 1.57. The average Bonchev–Trinajstić information content (AvgIpc) is 3.34. The van der Waals surface area contributed by atoms with Gasteiger partial charge in [-0.25, -0.2) is 9.13 Å². The molecule has 0 aliphatic carbocycles. The van der Waals surface area contributed by atoms with E-state index < -0.39 is 0 Å². The number of benzene rings is 1. The lowest BCUT2D eigenvalue weighted by molar-refractivity contribution is -0.704. The van der Waals surface area contributed by atoms with Crippen molar-refractivity contribution in [1.82, 2.24) is 4.57 Å². The van der Waals surface area contributed by atoms with Gasteiger partial charge in [-0.3, -0.25) is 0 Å². The van der Waals surface area contributed by atoms with Gasteiger partial charge in [-0.2, -0.15) is 0 Å². The molecule has 1 aromatic heterocycles. The van der Waals surface area contributed by atoms with Crippen LogP contribution in [0.4, 0.5) is 0 Å². The number of aryl methyl sites for hydroxylation is 3. The van der Waals surface area contributed by atoms with Crippen molar-refractivity contribution in [2.75, 3.05) is 0 Å². The zero-order valence-electron chi connectivity index (χ0n) is 26.3. The van der Waals surface area contributed by atoms with Gasteiger partial charge in [0.25, 0.3) is 5.82 Å². The Morgan fingerprint density at radius 3 is 1.54 bits per heavy atom. The highest BCUT2D eigenvalue weighted by atomic mass is 15.1. The Morgan fingerprint density at radius 1 is 0.513 bits per heavy atom. The summed E-state index contributed by atoms with van der Waals surface area (Å²) < 4.78 is 5.15. The van der Waals surface area contributed by atoms with Crippen LogP contribution >= 0.6 is 0 Å². The molecule has 0 saturated heterocycles. The molecule has 2 rings (SSSR count). The van der Waals surface area contributed by atoms with Gasteiger partial charge in [0.1, 0.15) is 12.4 Å². The topological polar surface area (TPSA) is 8.81 Å². The van der Waals surface area contributed by atoms with Gasteiger partial charge in [0.2, 0.25) is 0 Å². The maximum atomic E-state index is 2.59. The lowest BCUT2D eigenvalue weighted by Crippen LogP contribution is -2.37. The minimum Gasteiger partial charge on any atom is -0.234 e. The van der Waals surface area contributed by atoms with E-state index in [4.69, 9.17) is 0 Å². The van der Waals surface area contributed by atoms with Gasteiger partial charge < -0.3 is 0 Å². The third-order valence-corrected chi connectivity index (χ3v) is 8.55. The molecule has 0 spiro atoms. The third-order valence-electron chi connectivity index (χ3n) is 8.55. The first-order valence-electron chi connectivity index (χ1n) is 17.5. The summed E-state index contributed by atoms with van der Waals surface area (Å²) in [6, 6.07) is 11.0. The van der Waals surface area contributed by atoms with Crippen LogP contribution < -0.4 is 4.57 Å². The minimum absolute atomic E-state index is 1.14. The van der Waals surface area contributed by atoms with Crippen molar-refractivity contribution in [2.24, 2.45) is 0 Å². The van der Waals surface area contributed by atoms with E-state index >= 15 is 0 Å². The number of imidazole rings is 1. The highest BCUT2D eigenvalue weighted by molar-refractivity contribution is 5.14. The third kappa shape index (κ3) is 17.0. The molecule has 0 unspecified atom stereocenters. The fourth-order valence-corrected chi connectivity index (χ4v) is 6.01. The zero-order chi connectivity index (χ0) is 27.6. The second-order valence-electron chi connectivity index (χ2n) is 12.2. The predicted molar refractivity (Wildman–Crippen MR) is 171 cm³/mol. The van der Waals surface area contributed by atoms with Gasteiger partial charge in [0, 0.05) is 6.42 Å². The number of hydrogen-bond donors (Lipinski definition) is 0. The molecule has 0 amide bonds. The monoisotopic (exact) mass is 538 g/mol. The fourth-order valence-electron chi connectivity index (χ4n) is 6.01. The Bertz CT molecular complexity index is 778. The lowest BCUT2D eigenvalue weighted by atomic mass is 10.0. The van der Waals surface area contributed by atoms with E-state index in [1.54, 1.807) is 5.82 Å². The van der Waals surface area contributed by atoms with Crippen molar-refractivity contribution < 1.29 is 4.57 Å². The van der Waals surface area contributed by atoms with Crippen molar-refractivity contribution in [3.05, 3.63) is 54.1 Å². The predicted octanol–water partition coefficient (Wildman–Crippen LogP) is 11.2. The van der Waals surface area contributed by atoms with Crippen LogP contribution in [-0.2, 0) is 25.9 Å². The van der Waals surface area contributed by atoms with Crippen molar-refractivity contribution in [1.29, 1.82) is 0 Å². The van der Waals surface area contributed by atoms with E-state index in [0.717, 1.165) is 6.54 Å². The van der Waals surface area contributed by atoms with Crippen LogP contribution in [0.1, 0.15) is 166 Å². The van der Waals surface area contributed by atoms with E-state index in [1.807, 2.05) is 0 Å². The Kier molecular flexibility index (Phi) is 20.9. The molecule has 0 atom stereocenters. The highest BCUT2D eigenvalue weighted by Crippen LogP contribution is 2.15. The molecule has 0 aliphatic rings. The fraction of sp³-hybridized carbons (Fsp3) is 0.757. The van der Waals surface area contributed by atoms with Crippen LogP contribution in [0.2, 0.25) is 0 Å². The maximum absolute atomic E-state index is 2.59. The van der Waals surface area contributed by atoms with Gasteiger partial charge in [-0.05, 0) is 37.7 Å². The van der Waals surface area contributed by atoms with Crippen LogP contribution in [0.3, 0.4) is 0 Å². The average molecular weight is 538 g/mol. The summed E-state index contributed by atoms with van der Waals surface area (Å²) in [5.41, 5.74) is 1.46. The molecule has 2 nitrogen and oxygen atoms in total. The first-order chi connectivity index (χ1) is 19.3. The second kappa shape index (κ2) is 24.2. The molecule has 2 heteroatoms. The van der Waals surface area contributed by atoms with E-state index in [0.29, 0.717) is 0 Å². The molecule has 39 heavy (non-hydrogen) atoms. The minimum atomic E-state index is 1.14. The largest absolute Gasteiger partial charge is 0.256 e. The van der Waals surface area contributed by atoms with Crippen molar-refractivity contribution in [3.63, 3.8) is 0 Å². The summed E-state index contributed by atoms with van der Waals surface area (Å²) in [5, 5.41) is 0. The van der Waals surface area contributed by atoms with E-state index in [1.165, 1.54) is 166 Å².